The Hall–Kier alpha value is -3.24. The molecule has 0 saturated carbocycles. The van der Waals surface area contributed by atoms with Gasteiger partial charge in [0.15, 0.2) is 10.3 Å². The fourth-order valence-corrected chi connectivity index (χ4v) is 4.22. The van der Waals surface area contributed by atoms with Gasteiger partial charge in [-0.05, 0) is 31.2 Å². The van der Waals surface area contributed by atoms with E-state index in [1.165, 1.54) is 36.7 Å². The minimum absolute atomic E-state index is 0.156. The first-order chi connectivity index (χ1) is 14.4. The van der Waals surface area contributed by atoms with Gasteiger partial charge in [0.05, 0.1) is 29.9 Å². The summed E-state index contributed by atoms with van der Waals surface area (Å²) in [5, 5.41) is 11.9. The molecule has 0 radical (unpaired) electrons. The predicted molar refractivity (Wildman–Crippen MR) is 120 cm³/mol. The van der Waals surface area contributed by atoms with Crippen LogP contribution in [-0.2, 0) is 9.53 Å². The van der Waals surface area contributed by atoms with E-state index in [9.17, 15) is 9.59 Å². The third kappa shape index (κ3) is 5.43. The minimum Gasteiger partial charge on any atom is -0.500 e. The Kier molecular flexibility index (Phi) is 6.80. The van der Waals surface area contributed by atoms with Crippen LogP contribution in [0, 0.1) is 6.92 Å². The summed E-state index contributed by atoms with van der Waals surface area (Å²) in [7, 11) is 1.51. The number of thiazole rings is 2. The Bertz CT molecular complexity index is 1070. The normalized spacial score (nSPS) is 10.4. The van der Waals surface area contributed by atoms with Crippen LogP contribution in [0.25, 0.3) is 10.6 Å². The number of methoxy groups -OCH3 is 1. The number of carbonyl (C=O) groups excluding carboxylic acids is 2. The monoisotopic (exact) mass is 443 g/mol. The molecule has 0 spiro atoms. The van der Waals surface area contributed by atoms with Crippen LogP contribution in [0.3, 0.4) is 0 Å². The van der Waals surface area contributed by atoms with Gasteiger partial charge >= 0.3 is 0 Å². The van der Waals surface area contributed by atoms with Gasteiger partial charge in [0.25, 0.3) is 5.91 Å². The summed E-state index contributed by atoms with van der Waals surface area (Å²) in [5.41, 5.74) is 2.96. The lowest BCUT2D eigenvalue weighted by atomic mass is 10.2. The van der Waals surface area contributed by atoms with Crippen LogP contribution in [0.5, 0.6) is 0 Å². The first-order valence-corrected chi connectivity index (χ1v) is 10.6. The molecule has 0 unspecified atom stereocenters. The van der Waals surface area contributed by atoms with E-state index in [1.807, 2.05) is 24.4 Å². The average Bonchev–Trinajstić information content (AvgIpc) is 3.31. The van der Waals surface area contributed by atoms with Crippen molar-refractivity contribution < 1.29 is 14.3 Å². The molecule has 1 aromatic carbocycles. The van der Waals surface area contributed by atoms with Crippen molar-refractivity contribution >= 4 is 50.4 Å². The Morgan fingerprint density at radius 3 is 2.57 bits per heavy atom. The quantitative estimate of drug-likeness (QED) is 0.451. The Balaban J connectivity index is 1.65. The van der Waals surface area contributed by atoms with E-state index in [-0.39, 0.29) is 18.4 Å². The molecule has 2 aromatic heterocycles. The molecule has 3 rings (SSSR count). The van der Waals surface area contributed by atoms with Gasteiger partial charge in [-0.2, -0.15) is 0 Å². The summed E-state index contributed by atoms with van der Waals surface area (Å²) in [6, 6.07) is 7.09. The number of anilines is 3. The number of nitrogens with zero attached hydrogens (tertiary/aromatic N) is 2. The summed E-state index contributed by atoms with van der Waals surface area (Å²) >= 11 is 2.85. The molecule has 156 valence electrons. The Morgan fingerprint density at radius 1 is 1.17 bits per heavy atom. The molecule has 10 heteroatoms. The molecule has 0 aliphatic carbocycles. The van der Waals surface area contributed by atoms with Crippen LogP contribution in [0.1, 0.15) is 23.0 Å². The highest BCUT2D eigenvalue weighted by Gasteiger charge is 2.14. The maximum atomic E-state index is 12.1. The zero-order valence-electron chi connectivity index (χ0n) is 16.7. The number of aryl methyl sites for hydroxylation is 1. The highest BCUT2D eigenvalue weighted by atomic mass is 32.1. The van der Waals surface area contributed by atoms with Crippen LogP contribution in [0.15, 0.2) is 42.0 Å². The van der Waals surface area contributed by atoms with Crippen molar-refractivity contribution in [3.8, 4) is 10.6 Å². The molecule has 0 fully saturated rings. The van der Waals surface area contributed by atoms with Crippen molar-refractivity contribution in [2.75, 3.05) is 24.3 Å². The third-order valence-electron chi connectivity index (χ3n) is 3.95. The molecule has 3 aromatic rings. The molecule has 3 N–H and O–H groups in total. The molecule has 30 heavy (non-hydrogen) atoms. The van der Waals surface area contributed by atoms with Gasteiger partial charge < -0.3 is 20.7 Å². The number of carbonyl (C=O) groups is 2. The zero-order chi connectivity index (χ0) is 21.7. The van der Waals surface area contributed by atoms with E-state index in [0.29, 0.717) is 21.6 Å². The molecule has 0 atom stereocenters. The molecule has 0 aliphatic rings. The van der Waals surface area contributed by atoms with E-state index < -0.39 is 0 Å². The second kappa shape index (κ2) is 9.51. The minimum atomic E-state index is -0.202. The lowest BCUT2D eigenvalue weighted by Crippen LogP contribution is -2.25. The fraction of sp³-hybridized carbons (Fsp3) is 0.200. The van der Waals surface area contributed by atoms with Gasteiger partial charge in [0.2, 0.25) is 5.91 Å². The molecule has 0 aliphatic heterocycles. The molecule has 0 bridgehead atoms. The summed E-state index contributed by atoms with van der Waals surface area (Å²) in [6.45, 7) is 7.27. The fourth-order valence-electron chi connectivity index (χ4n) is 2.46. The molecular weight excluding hydrogens is 422 g/mol. The van der Waals surface area contributed by atoms with Crippen molar-refractivity contribution in [1.82, 2.24) is 15.3 Å². The predicted octanol–water partition coefficient (Wildman–Crippen LogP) is 4.17. The maximum Gasteiger partial charge on any atom is 0.251 e. The SMILES string of the molecule is C=C(CNC(=O)c1ccc(Nc2nc(-c3sc(NC(C)=O)nc3C)cs2)cc1)OC. The number of amides is 2. The van der Waals surface area contributed by atoms with Gasteiger partial charge in [-0.1, -0.05) is 17.9 Å². The Morgan fingerprint density at radius 2 is 1.90 bits per heavy atom. The van der Waals surface area contributed by atoms with Crippen LogP contribution >= 0.6 is 22.7 Å². The first-order valence-electron chi connectivity index (χ1n) is 8.93. The lowest BCUT2D eigenvalue weighted by Gasteiger charge is -2.08. The summed E-state index contributed by atoms with van der Waals surface area (Å²) < 4.78 is 4.93. The number of benzene rings is 1. The van der Waals surface area contributed by atoms with Crippen LogP contribution in [0.4, 0.5) is 16.0 Å². The number of rotatable bonds is 8. The van der Waals surface area contributed by atoms with Crippen molar-refractivity contribution in [2.24, 2.45) is 0 Å². The van der Waals surface area contributed by atoms with Crippen LogP contribution in [-0.4, -0.2) is 35.4 Å². The number of hydrogen-bond donors (Lipinski definition) is 3. The zero-order valence-corrected chi connectivity index (χ0v) is 18.4. The third-order valence-corrected chi connectivity index (χ3v) is 5.80. The number of hydrogen-bond acceptors (Lipinski definition) is 8. The second-order valence-electron chi connectivity index (χ2n) is 6.28. The number of aromatic nitrogens is 2. The number of ether oxygens (including phenoxy) is 1. The van der Waals surface area contributed by atoms with Gasteiger partial charge in [-0.15, -0.1) is 11.3 Å². The van der Waals surface area contributed by atoms with E-state index >= 15 is 0 Å². The van der Waals surface area contributed by atoms with Crippen LogP contribution < -0.4 is 16.0 Å². The van der Waals surface area contributed by atoms with E-state index in [4.69, 9.17) is 4.74 Å². The van der Waals surface area contributed by atoms with Gasteiger partial charge in [-0.3, -0.25) is 9.59 Å². The molecule has 2 amide bonds. The maximum absolute atomic E-state index is 12.1. The highest BCUT2D eigenvalue weighted by molar-refractivity contribution is 7.20. The van der Waals surface area contributed by atoms with E-state index in [1.54, 1.807) is 12.1 Å². The lowest BCUT2D eigenvalue weighted by molar-refractivity contribution is -0.114. The molecule has 8 nitrogen and oxygen atoms in total. The summed E-state index contributed by atoms with van der Waals surface area (Å²) in [6.07, 6.45) is 0. The highest BCUT2D eigenvalue weighted by Crippen LogP contribution is 2.35. The topological polar surface area (TPSA) is 105 Å². The van der Waals surface area contributed by atoms with Crippen molar-refractivity contribution in [2.45, 2.75) is 13.8 Å². The average molecular weight is 444 g/mol. The molecule has 0 saturated heterocycles. The number of nitrogens with one attached hydrogen (secondary N) is 3. The summed E-state index contributed by atoms with van der Waals surface area (Å²) in [4.78, 5) is 33.2. The van der Waals surface area contributed by atoms with Crippen LogP contribution in [0.2, 0.25) is 0 Å². The Labute approximate surface area is 182 Å². The van der Waals surface area contributed by atoms with Crippen molar-refractivity contribution in [3.63, 3.8) is 0 Å². The van der Waals surface area contributed by atoms with Crippen molar-refractivity contribution in [1.29, 1.82) is 0 Å². The van der Waals surface area contributed by atoms with E-state index in [0.717, 1.165) is 22.0 Å². The smallest absolute Gasteiger partial charge is 0.251 e. The van der Waals surface area contributed by atoms with Crippen molar-refractivity contribution in [3.05, 3.63) is 53.2 Å². The second-order valence-corrected chi connectivity index (χ2v) is 8.14. The molecule has 2 heterocycles. The standard InChI is InChI=1S/C20H21N5O3S2/c1-11(28-4)9-21-18(27)14-5-7-15(8-6-14)24-19-25-16(10-29-19)17-12(2)22-20(30-17)23-13(3)26/h5-8,10H,1,9H2,2-4H3,(H,21,27)(H,24,25)(H,22,23,26). The van der Waals surface area contributed by atoms with Gasteiger partial charge in [0.1, 0.15) is 5.76 Å². The molecular formula is C20H21N5O3S2. The summed E-state index contributed by atoms with van der Waals surface area (Å²) in [5.74, 6) is 0.130. The first kappa shape index (κ1) is 21.5. The van der Waals surface area contributed by atoms with Gasteiger partial charge in [-0.25, -0.2) is 9.97 Å². The largest absolute Gasteiger partial charge is 0.500 e. The van der Waals surface area contributed by atoms with Gasteiger partial charge in [0, 0.05) is 23.6 Å². The van der Waals surface area contributed by atoms with E-state index in [2.05, 4.69) is 32.5 Å².